The summed E-state index contributed by atoms with van der Waals surface area (Å²) in [6.45, 7) is 0.0752. The highest BCUT2D eigenvalue weighted by atomic mass is 35.5. The Labute approximate surface area is 137 Å². The molecule has 2 atom stereocenters. The van der Waals surface area contributed by atoms with E-state index in [2.05, 4.69) is 0 Å². The molecule has 10 heteroatoms. The zero-order chi connectivity index (χ0) is 14.1. The molecule has 0 spiro atoms. The summed E-state index contributed by atoms with van der Waals surface area (Å²) in [6, 6.07) is 0. The molecule has 2 unspecified atom stereocenters. The second-order valence-electron chi connectivity index (χ2n) is 3.32. The Hall–Kier alpha value is 1.89. The van der Waals surface area contributed by atoms with Gasteiger partial charge in [0.25, 0.3) is 0 Å². The molecule has 0 aromatic carbocycles. The monoisotopic (exact) mass is 398 g/mol. The Morgan fingerprint density at radius 3 is 1.39 bits per heavy atom. The Balaban J connectivity index is 3.65. The van der Waals surface area contributed by atoms with Crippen molar-refractivity contribution in [3.63, 3.8) is 0 Å². The first kappa shape index (κ1) is 19.9. The molecule has 0 aliphatic heterocycles. The highest BCUT2D eigenvalue weighted by Crippen LogP contribution is 2.27. The maximum Gasteiger partial charge on any atom is 0.319 e. The van der Waals surface area contributed by atoms with Crippen LogP contribution >= 0.6 is 77.9 Å². The van der Waals surface area contributed by atoms with E-state index in [0.29, 0.717) is 12.8 Å². The summed E-state index contributed by atoms with van der Waals surface area (Å²) in [4.78, 5) is -1.17. The van der Waals surface area contributed by atoms with Crippen molar-refractivity contribution < 1.29 is 13.6 Å². The second kappa shape index (κ2) is 11.5. The van der Waals surface area contributed by atoms with Crippen LogP contribution in [-0.4, -0.2) is 33.6 Å². The standard InChI is InChI=1S/C8H13Cl6O3P/c9-5(1-7(11)12)3-16-18(15)17-4-6(10)2-8(13)14/h5-8,18H,1-4H2. The fourth-order valence-corrected chi connectivity index (χ4v) is 3.56. The zero-order valence-electron chi connectivity index (χ0n) is 9.13. The Kier molecular flexibility index (Phi) is 12.8. The minimum atomic E-state index is -2.64. The van der Waals surface area contributed by atoms with Crippen molar-refractivity contribution in [3.8, 4) is 0 Å². The number of rotatable bonds is 10. The van der Waals surface area contributed by atoms with Crippen molar-refractivity contribution in [2.45, 2.75) is 33.3 Å². The molecule has 0 amide bonds. The number of hydrogen-bond acceptors (Lipinski definition) is 3. The third kappa shape index (κ3) is 12.9. The zero-order valence-corrected chi connectivity index (χ0v) is 14.7. The molecule has 0 radical (unpaired) electrons. The lowest BCUT2D eigenvalue weighted by Crippen LogP contribution is -2.12. The van der Waals surface area contributed by atoms with Crippen LogP contribution < -0.4 is 0 Å². The van der Waals surface area contributed by atoms with Crippen LogP contribution in [0.2, 0.25) is 0 Å². The van der Waals surface area contributed by atoms with Crippen LogP contribution in [0.15, 0.2) is 0 Å². The molecule has 0 aliphatic carbocycles. The molecule has 0 saturated carbocycles. The van der Waals surface area contributed by atoms with E-state index in [9.17, 15) is 4.57 Å². The van der Waals surface area contributed by atoms with Crippen LogP contribution in [0, 0.1) is 0 Å². The van der Waals surface area contributed by atoms with Crippen LogP contribution in [0.3, 0.4) is 0 Å². The van der Waals surface area contributed by atoms with Crippen molar-refractivity contribution in [2.24, 2.45) is 0 Å². The van der Waals surface area contributed by atoms with Crippen molar-refractivity contribution in [1.29, 1.82) is 0 Å². The SMILES string of the molecule is O=[PH](OCC(Cl)CC(Cl)Cl)OCC(Cl)CC(Cl)Cl. The second-order valence-corrected chi connectivity index (χ2v) is 8.19. The molecule has 3 nitrogen and oxygen atoms in total. The molecule has 18 heavy (non-hydrogen) atoms. The fourth-order valence-electron chi connectivity index (χ4n) is 0.881. The van der Waals surface area contributed by atoms with Gasteiger partial charge >= 0.3 is 8.25 Å². The quantitative estimate of drug-likeness (QED) is 0.382. The summed E-state index contributed by atoms with van der Waals surface area (Å²) < 4.78 is 21.1. The van der Waals surface area contributed by atoms with Gasteiger partial charge in [0.15, 0.2) is 0 Å². The van der Waals surface area contributed by atoms with Crippen molar-refractivity contribution in [3.05, 3.63) is 0 Å². The van der Waals surface area contributed by atoms with Gasteiger partial charge in [0.2, 0.25) is 0 Å². The molecule has 0 heterocycles. The van der Waals surface area contributed by atoms with E-state index in [1.54, 1.807) is 0 Å². The highest BCUT2D eigenvalue weighted by Gasteiger charge is 2.14. The minimum Gasteiger partial charge on any atom is -0.309 e. The van der Waals surface area contributed by atoms with Crippen LogP contribution in [0.1, 0.15) is 12.8 Å². The third-order valence-electron chi connectivity index (χ3n) is 1.63. The molecule has 0 N–H and O–H groups in total. The van der Waals surface area contributed by atoms with Gasteiger partial charge in [-0.2, -0.15) is 0 Å². The lowest BCUT2D eigenvalue weighted by atomic mass is 10.3. The molecular formula is C8H13Cl6O3P. The smallest absolute Gasteiger partial charge is 0.309 e. The summed E-state index contributed by atoms with van der Waals surface area (Å²) in [6.07, 6.45) is 0.663. The fraction of sp³-hybridized carbons (Fsp3) is 1.00. The number of alkyl halides is 6. The van der Waals surface area contributed by atoms with Gasteiger partial charge in [-0.3, -0.25) is 4.57 Å². The van der Waals surface area contributed by atoms with Crippen molar-refractivity contribution in [2.75, 3.05) is 13.2 Å². The number of halogens is 6. The Bertz CT molecular complexity index is 221. The maximum absolute atomic E-state index is 11.3. The summed E-state index contributed by atoms with van der Waals surface area (Å²) in [5.74, 6) is 0. The minimum absolute atomic E-state index is 0.0376. The van der Waals surface area contributed by atoms with E-state index >= 15 is 0 Å². The van der Waals surface area contributed by atoms with Crippen LogP contribution in [0.4, 0.5) is 0 Å². The lowest BCUT2D eigenvalue weighted by molar-refractivity contribution is 0.223. The van der Waals surface area contributed by atoms with E-state index in [0.717, 1.165) is 0 Å². The van der Waals surface area contributed by atoms with E-state index < -0.39 is 28.7 Å². The molecular weight excluding hydrogens is 388 g/mol. The highest BCUT2D eigenvalue weighted by molar-refractivity contribution is 7.33. The Morgan fingerprint density at radius 1 is 0.778 bits per heavy atom. The Morgan fingerprint density at radius 2 is 1.11 bits per heavy atom. The average Bonchev–Trinajstić information content (AvgIpc) is 2.21. The molecule has 0 aromatic heterocycles. The average molecular weight is 401 g/mol. The molecule has 0 aliphatic rings. The van der Waals surface area contributed by atoms with E-state index in [4.69, 9.17) is 78.7 Å². The van der Waals surface area contributed by atoms with Crippen LogP contribution in [0.5, 0.6) is 0 Å². The van der Waals surface area contributed by atoms with Gasteiger partial charge in [0.1, 0.15) is 9.67 Å². The van der Waals surface area contributed by atoms with Crippen molar-refractivity contribution >= 4 is 77.9 Å². The summed E-state index contributed by atoms with van der Waals surface area (Å²) in [7, 11) is -2.64. The summed E-state index contributed by atoms with van der Waals surface area (Å²) in [5, 5.41) is -0.853. The lowest BCUT2D eigenvalue weighted by Gasteiger charge is -2.12. The van der Waals surface area contributed by atoms with Gasteiger partial charge in [-0.1, -0.05) is 0 Å². The molecule has 0 bridgehead atoms. The van der Waals surface area contributed by atoms with E-state index in [-0.39, 0.29) is 13.2 Å². The van der Waals surface area contributed by atoms with Gasteiger partial charge in [-0.05, 0) is 12.8 Å². The first-order valence-corrected chi connectivity index (χ1v) is 8.79. The summed E-state index contributed by atoms with van der Waals surface area (Å²) >= 11 is 33.7. The third-order valence-corrected chi connectivity index (χ3v) is 3.76. The molecule has 0 fully saturated rings. The number of hydrogen-bond donors (Lipinski definition) is 0. The van der Waals surface area contributed by atoms with E-state index in [1.165, 1.54) is 0 Å². The maximum atomic E-state index is 11.3. The predicted molar refractivity (Wildman–Crippen MR) is 80.4 cm³/mol. The molecule has 110 valence electrons. The predicted octanol–water partition coefficient (Wildman–Crippen LogP) is 5.01. The van der Waals surface area contributed by atoms with Crippen LogP contribution in [-0.2, 0) is 13.6 Å². The van der Waals surface area contributed by atoms with Gasteiger partial charge in [0.05, 0.1) is 24.0 Å². The van der Waals surface area contributed by atoms with Crippen molar-refractivity contribution in [1.82, 2.24) is 0 Å². The van der Waals surface area contributed by atoms with Gasteiger partial charge in [0, 0.05) is 0 Å². The molecule has 0 aromatic rings. The summed E-state index contributed by atoms with van der Waals surface area (Å²) in [5.41, 5.74) is 0. The first-order chi connectivity index (χ1) is 8.31. The first-order valence-electron chi connectivity index (χ1n) is 4.95. The topological polar surface area (TPSA) is 35.5 Å². The van der Waals surface area contributed by atoms with Crippen LogP contribution in [0.25, 0.3) is 0 Å². The largest absolute Gasteiger partial charge is 0.319 e. The van der Waals surface area contributed by atoms with Gasteiger partial charge in [-0.25, -0.2) is 0 Å². The molecule has 0 rings (SSSR count). The van der Waals surface area contributed by atoms with E-state index in [1.807, 2.05) is 0 Å². The normalized spacial score (nSPS) is 17.1. The molecule has 0 saturated heterocycles. The van der Waals surface area contributed by atoms with Gasteiger partial charge in [-0.15, -0.1) is 69.6 Å². The van der Waals surface area contributed by atoms with Gasteiger partial charge < -0.3 is 9.05 Å².